The first kappa shape index (κ1) is 12.9. The van der Waals surface area contributed by atoms with Gasteiger partial charge in [-0.3, -0.25) is 0 Å². The minimum atomic E-state index is 0.718. The van der Waals surface area contributed by atoms with E-state index in [-0.39, 0.29) is 0 Å². The molecule has 0 atom stereocenters. The quantitative estimate of drug-likeness (QED) is 0.789. The molecule has 3 heterocycles. The molecular weight excluding hydrogens is 306 g/mol. The average molecular weight is 318 g/mol. The smallest absolute Gasteiger partial charge is 0.183 e. The minimum Gasteiger partial charge on any atom is -0.308 e. The van der Waals surface area contributed by atoms with Crippen LogP contribution in [0.15, 0.2) is 29.6 Å². The van der Waals surface area contributed by atoms with E-state index in [9.17, 15) is 0 Å². The molecule has 0 spiro atoms. The Morgan fingerprint density at radius 3 is 3.14 bits per heavy atom. The first-order valence-corrected chi connectivity index (χ1v) is 7.91. The van der Waals surface area contributed by atoms with Gasteiger partial charge in [-0.2, -0.15) is 0 Å². The Bertz CT molecular complexity index is 794. The third-order valence-corrected chi connectivity index (χ3v) is 4.55. The SMILES string of the molecule is Clc1cccc(-c2nc(-c3nnc4n3CCNC4)cs2)c1. The van der Waals surface area contributed by atoms with Crippen LogP contribution in [0.3, 0.4) is 0 Å². The van der Waals surface area contributed by atoms with E-state index < -0.39 is 0 Å². The highest BCUT2D eigenvalue weighted by molar-refractivity contribution is 7.13. The molecular formula is C14H12ClN5S. The zero-order valence-electron chi connectivity index (χ0n) is 11.1. The van der Waals surface area contributed by atoms with Crippen LogP contribution in [0.2, 0.25) is 5.02 Å². The molecule has 21 heavy (non-hydrogen) atoms. The summed E-state index contributed by atoms with van der Waals surface area (Å²) in [6, 6.07) is 7.73. The lowest BCUT2D eigenvalue weighted by atomic mass is 10.2. The fraction of sp³-hybridized carbons (Fsp3) is 0.214. The van der Waals surface area contributed by atoms with Gasteiger partial charge in [0.2, 0.25) is 0 Å². The van der Waals surface area contributed by atoms with Crippen molar-refractivity contribution in [2.45, 2.75) is 13.1 Å². The van der Waals surface area contributed by atoms with Gasteiger partial charge in [0.15, 0.2) is 5.82 Å². The largest absolute Gasteiger partial charge is 0.308 e. The number of halogens is 1. The normalized spacial score (nSPS) is 14.1. The van der Waals surface area contributed by atoms with Gasteiger partial charge in [0.25, 0.3) is 0 Å². The predicted molar refractivity (Wildman–Crippen MR) is 83.3 cm³/mol. The summed E-state index contributed by atoms with van der Waals surface area (Å²) in [7, 11) is 0. The number of fused-ring (bicyclic) bond motifs is 1. The highest BCUT2D eigenvalue weighted by Crippen LogP contribution is 2.29. The lowest BCUT2D eigenvalue weighted by Crippen LogP contribution is -2.28. The number of hydrogen-bond acceptors (Lipinski definition) is 5. The summed E-state index contributed by atoms with van der Waals surface area (Å²) in [5, 5.41) is 15.5. The number of nitrogens with zero attached hydrogens (tertiary/aromatic N) is 4. The second kappa shape index (κ2) is 5.22. The molecule has 0 bridgehead atoms. The third-order valence-electron chi connectivity index (χ3n) is 3.43. The van der Waals surface area contributed by atoms with Gasteiger partial charge in [0.1, 0.15) is 16.5 Å². The van der Waals surface area contributed by atoms with Crippen molar-refractivity contribution in [3.8, 4) is 22.1 Å². The topological polar surface area (TPSA) is 55.6 Å². The molecule has 0 amide bonds. The van der Waals surface area contributed by atoms with E-state index >= 15 is 0 Å². The van der Waals surface area contributed by atoms with Crippen LogP contribution in [0.4, 0.5) is 0 Å². The zero-order chi connectivity index (χ0) is 14.2. The van der Waals surface area contributed by atoms with Crippen LogP contribution < -0.4 is 5.32 Å². The number of rotatable bonds is 2. The predicted octanol–water partition coefficient (Wildman–Crippen LogP) is 2.83. The van der Waals surface area contributed by atoms with Gasteiger partial charge in [-0.15, -0.1) is 21.5 Å². The van der Waals surface area contributed by atoms with Crippen molar-refractivity contribution in [3.05, 3.63) is 40.5 Å². The lowest BCUT2D eigenvalue weighted by Gasteiger charge is -2.15. The Morgan fingerprint density at radius 2 is 2.24 bits per heavy atom. The van der Waals surface area contributed by atoms with Crippen LogP contribution in [-0.4, -0.2) is 26.3 Å². The Balaban J connectivity index is 1.73. The third kappa shape index (κ3) is 2.35. The summed E-state index contributed by atoms with van der Waals surface area (Å²) in [5.41, 5.74) is 1.90. The fourth-order valence-corrected chi connectivity index (χ4v) is 3.40. The number of thiazole rings is 1. The highest BCUT2D eigenvalue weighted by atomic mass is 35.5. The Morgan fingerprint density at radius 1 is 1.29 bits per heavy atom. The van der Waals surface area contributed by atoms with E-state index in [1.165, 1.54) is 0 Å². The van der Waals surface area contributed by atoms with Gasteiger partial charge in [0, 0.05) is 29.1 Å². The highest BCUT2D eigenvalue weighted by Gasteiger charge is 2.18. The number of nitrogens with one attached hydrogen (secondary N) is 1. The Labute approximate surface area is 130 Å². The monoisotopic (exact) mass is 317 g/mol. The molecule has 7 heteroatoms. The molecule has 1 aromatic carbocycles. The molecule has 0 aliphatic carbocycles. The molecule has 2 aromatic heterocycles. The van der Waals surface area contributed by atoms with Gasteiger partial charge in [-0.25, -0.2) is 4.98 Å². The van der Waals surface area contributed by atoms with E-state index in [0.717, 1.165) is 52.6 Å². The van der Waals surface area contributed by atoms with Crippen LogP contribution >= 0.6 is 22.9 Å². The van der Waals surface area contributed by atoms with Gasteiger partial charge in [-0.05, 0) is 12.1 Å². The number of hydrogen-bond donors (Lipinski definition) is 1. The van der Waals surface area contributed by atoms with Gasteiger partial charge < -0.3 is 9.88 Å². The Kier molecular flexibility index (Phi) is 3.21. The molecule has 1 aliphatic rings. The fourth-order valence-electron chi connectivity index (χ4n) is 2.41. The van der Waals surface area contributed by atoms with E-state index in [0.29, 0.717) is 0 Å². The summed E-state index contributed by atoms with van der Waals surface area (Å²) in [6.45, 7) is 2.57. The molecule has 0 fully saturated rings. The standard InChI is InChI=1S/C14H12ClN5S/c15-10-3-1-2-9(6-10)14-17-11(8-21-14)13-19-18-12-7-16-4-5-20(12)13/h1-3,6,8,16H,4-5,7H2. The Hall–Kier alpha value is -1.76. The number of benzene rings is 1. The van der Waals surface area contributed by atoms with Crippen LogP contribution in [0.5, 0.6) is 0 Å². The van der Waals surface area contributed by atoms with Gasteiger partial charge in [-0.1, -0.05) is 23.7 Å². The molecule has 1 N–H and O–H groups in total. The zero-order valence-corrected chi connectivity index (χ0v) is 12.7. The van der Waals surface area contributed by atoms with E-state index in [1.807, 2.05) is 29.6 Å². The molecule has 3 aromatic rings. The first-order chi connectivity index (χ1) is 10.3. The van der Waals surface area contributed by atoms with Gasteiger partial charge in [0.05, 0.1) is 6.54 Å². The average Bonchev–Trinajstić information content (AvgIpc) is 3.14. The van der Waals surface area contributed by atoms with Crippen LogP contribution in [0.1, 0.15) is 5.82 Å². The van der Waals surface area contributed by atoms with Gasteiger partial charge >= 0.3 is 0 Å². The van der Waals surface area contributed by atoms with Crippen LogP contribution in [-0.2, 0) is 13.1 Å². The molecule has 0 saturated carbocycles. The maximum Gasteiger partial charge on any atom is 0.183 e. The van der Waals surface area contributed by atoms with Crippen molar-refractivity contribution < 1.29 is 0 Å². The first-order valence-electron chi connectivity index (χ1n) is 6.66. The van der Waals surface area contributed by atoms with Crippen molar-refractivity contribution in [2.75, 3.05) is 6.54 Å². The number of aromatic nitrogens is 4. The second-order valence-corrected chi connectivity index (χ2v) is 6.11. The molecule has 1 aliphatic heterocycles. The van der Waals surface area contributed by atoms with E-state index in [1.54, 1.807) is 11.3 Å². The molecule has 0 radical (unpaired) electrons. The van der Waals surface area contributed by atoms with Crippen LogP contribution in [0.25, 0.3) is 22.1 Å². The summed E-state index contributed by atoms with van der Waals surface area (Å²) in [6.07, 6.45) is 0. The maximum atomic E-state index is 6.04. The van der Waals surface area contributed by atoms with E-state index in [4.69, 9.17) is 11.6 Å². The molecule has 0 saturated heterocycles. The van der Waals surface area contributed by atoms with Crippen molar-refractivity contribution in [1.82, 2.24) is 25.1 Å². The molecule has 0 unspecified atom stereocenters. The van der Waals surface area contributed by atoms with Crippen molar-refractivity contribution in [2.24, 2.45) is 0 Å². The van der Waals surface area contributed by atoms with Crippen molar-refractivity contribution in [3.63, 3.8) is 0 Å². The summed E-state index contributed by atoms with van der Waals surface area (Å²) >= 11 is 7.63. The second-order valence-electron chi connectivity index (χ2n) is 4.82. The molecule has 5 nitrogen and oxygen atoms in total. The lowest BCUT2D eigenvalue weighted by molar-refractivity contribution is 0.508. The van der Waals surface area contributed by atoms with Crippen molar-refractivity contribution in [1.29, 1.82) is 0 Å². The van der Waals surface area contributed by atoms with Crippen LogP contribution in [0, 0.1) is 0 Å². The molecule has 106 valence electrons. The maximum absolute atomic E-state index is 6.04. The minimum absolute atomic E-state index is 0.718. The van der Waals surface area contributed by atoms with Crippen molar-refractivity contribution >= 4 is 22.9 Å². The summed E-state index contributed by atoms with van der Waals surface area (Å²) in [5.74, 6) is 1.81. The summed E-state index contributed by atoms with van der Waals surface area (Å²) < 4.78 is 2.13. The van der Waals surface area contributed by atoms with E-state index in [2.05, 4.69) is 25.1 Å². The molecule has 4 rings (SSSR count). The summed E-state index contributed by atoms with van der Waals surface area (Å²) in [4.78, 5) is 4.69.